The van der Waals surface area contributed by atoms with Gasteiger partial charge in [0, 0.05) is 5.41 Å². The van der Waals surface area contributed by atoms with Crippen LogP contribution >= 0.6 is 0 Å². The van der Waals surface area contributed by atoms with E-state index >= 15 is 0 Å². The van der Waals surface area contributed by atoms with Gasteiger partial charge in [0.15, 0.2) is 5.78 Å². The Balaban J connectivity index is 1.51. The number of fused-ring (bicyclic) bond motifs is 5. The lowest BCUT2D eigenvalue weighted by molar-refractivity contribution is -0.167. The number of carbonyl (C=O) groups excluding carboxylic acids is 1. The number of Topliss-reactive ketones (excluding diaryl/α,β-unsaturated/α-hetero) is 1. The molecule has 0 bridgehead atoms. The Morgan fingerprint density at radius 3 is 2.38 bits per heavy atom. The van der Waals surface area contributed by atoms with Crippen LogP contribution in [0.25, 0.3) is 0 Å². The van der Waals surface area contributed by atoms with Crippen LogP contribution in [0.4, 0.5) is 0 Å². The molecule has 0 aromatic rings. The van der Waals surface area contributed by atoms with E-state index < -0.39 is 6.10 Å². The molecule has 0 amide bonds. The van der Waals surface area contributed by atoms with Crippen molar-refractivity contribution in [3.05, 3.63) is 0 Å². The third kappa shape index (κ3) is 3.44. The van der Waals surface area contributed by atoms with Crippen molar-refractivity contribution in [2.75, 3.05) is 0 Å². The third-order valence-corrected chi connectivity index (χ3v) is 10.7. The van der Waals surface area contributed by atoms with Crippen molar-refractivity contribution < 1.29 is 9.90 Å². The maximum absolute atomic E-state index is 13.2. The summed E-state index contributed by atoms with van der Waals surface area (Å²) in [6.07, 6.45) is 13.1. The molecule has 9 atom stereocenters. The van der Waals surface area contributed by atoms with Crippen molar-refractivity contribution in [1.29, 1.82) is 0 Å². The summed E-state index contributed by atoms with van der Waals surface area (Å²) in [5.41, 5.74) is 0.237. The van der Waals surface area contributed by atoms with Gasteiger partial charge in [0.25, 0.3) is 0 Å². The SMILES string of the molecule is CC(C)CCC[C@H](C)[C@@H]1CC[C@H]2[C@H]3CC[C@@H]4CCC(O)C(=O)[C@]4(C)[C@H]3CC[C@@]21C. The number of aliphatic hydroxyl groups is 1. The maximum Gasteiger partial charge on any atom is 0.167 e. The van der Waals surface area contributed by atoms with Gasteiger partial charge in [-0.25, -0.2) is 0 Å². The van der Waals surface area contributed by atoms with Crippen molar-refractivity contribution in [2.24, 2.45) is 52.3 Å². The van der Waals surface area contributed by atoms with Crippen LogP contribution in [0, 0.1) is 52.3 Å². The molecule has 4 aliphatic rings. The Morgan fingerprint density at radius 1 is 0.931 bits per heavy atom. The fourth-order valence-electron chi connectivity index (χ4n) is 9.13. The van der Waals surface area contributed by atoms with E-state index in [1.807, 2.05) is 0 Å². The first-order valence-corrected chi connectivity index (χ1v) is 12.9. The molecule has 1 N–H and O–H groups in total. The molecule has 2 nitrogen and oxygen atoms in total. The first kappa shape index (κ1) is 21.8. The quantitative estimate of drug-likeness (QED) is 0.559. The molecule has 0 saturated heterocycles. The van der Waals surface area contributed by atoms with Crippen molar-refractivity contribution in [1.82, 2.24) is 0 Å². The molecular formula is C27H46O2. The van der Waals surface area contributed by atoms with Crippen LogP contribution in [-0.4, -0.2) is 17.0 Å². The van der Waals surface area contributed by atoms with Crippen LogP contribution in [0.2, 0.25) is 0 Å². The van der Waals surface area contributed by atoms with Gasteiger partial charge in [-0.3, -0.25) is 4.79 Å². The smallest absolute Gasteiger partial charge is 0.167 e. The highest BCUT2D eigenvalue weighted by Gasteiger charge is 2.63. The van der Waals surface area contributed by atoms with E-state index in [0.717, 1.165) is 36.0 Å². The van der Waals surface area contributed by atoms with Gasteiger partial charge in [0.05, 0.1) is 0 Å². The maximum atomic E-state index is 13.2. The van der Waals surface area contributed by atoms with E-state index in [1.165, 1.54) is 57.8 Å². The first-order chi connectivity index (χ1) is 13.7. The molecule has 4 aliphatic carbocycles. The predicted octanol–water partition coefficient (Wildman–Crippen LogP) is 6.65. The highest BCUT2D eigenvalue weighted by atomic mass is 16.3. The summed E-state index contributed by atoms with van der Waals surface area (Å²) in [5.74, 6) is 5.31. The predicted molar refractivity (Wildman–Crippen MR) is 119 cm³/mol. The summed E-state index contributed by atoms with van der Waals surface area (Å²) in [4.78, 5) is 13.2. The molecule has 0 heterocycles. The Bertz CT molecular complexity index is 612. The molecule has 2 heteroatoms. The molecule has 4 saturated carbocycles. The number of hydrogen-bond donors (Lipinski definition) is 1. The minimum Gasteiger partial charge on any atom is -0.385 e. The average molecular weight is 403 g/mol. The zero-order chi connectivity index (χ0) is 21.0. The van der Waals surface area contributed by atoms with E-state index in [2.05, 4.69) is 34.6 Å². The molecule has 1 unspecified atom stereocenters. The normalized spacial score (nSPS) is 48.2. The Kier molecular flexibility index (Phi) is 5.99. The lowest BCUT2D eigenvalue weighted by Gasteiger charge is -2.60. The Hall–Kier alpha value is -0.370. The summed E-state index contributed by atoms with van der Waals surface area (Å²) >= 11 is 0. The fraction of sp³-hybridized carbons (Fsp3) is 0.963. The molecule has 0 aliphatic heterocycles. The summed E-state index contributed by atoms with van der Waals surface area (Å²) in [7, 11) is 0. The highest BCUT2D eigenvalue weighted by Crippen LogP contribution is 2.67. The van der Waals surface area contributed by atoms with Gasteiger partial charge in [0.2, 0.25) is 0 Å². The van der Waals surface area contributed by atoms with Crippen molar-refractivity contribution in [3.63, 3.8) is 0 Å². The molecule has 0 aromatic heterocycles. The highest BCUT2D eigenvalue weighted by molar-refractivity contribution is 5.90. The van der Waals surface area contributed by atoms with E-state index in [-0.39, 0.29) is 11.2 Å². The molecule has 29 heavy (non-hydrogen) atoms. The van der Waals surface area contributed by atoms with Gasteiger partial charge in [-0.1, -0.05) is 53.9 Å². The van der Waals surface area contributed by atoms with Crippen molar-refractivity contribution in [3.8, 4) is 0 Å². The summed E-state index contributed by atoms with van der Waals surface area (Å²) in [6.45, 7) is 12.1. The zero-order valence-electron chi connectivity index (χ0n) is 19.8. The number of ketones is 1. The molecule has 0 spiro atoms. The second-order valence-corrected chi connectivity index (χ2v) is 12.4. The summed E-state index contributed by atoms with van der Waals surface area (Å²) in [5, 5.41) is 10.4. The van der Waals surface area contributed by atoms with Gasteiger partial charge in [0.1, 0.15) is 6.10 Å². The summed E-state index contributed by atoms with van der Waals surface area (Å²) < 4.78 is 0. The monoisotopic (exact) mass is 402 g/mol. The third-order valence-electron chi connectivity index (χ3n) is 10.7. The molecule has 4 rings (SSSR count). The van der Waals surface area contributed by atoms with Gasteiger partial charge in [-0.2, -0.15) is 0 Å². The lowest BCUT2D eigenvalue weighted by atomic mass is 9.44. The lowest BCUT2D eigenvalue weighted by Crippen LogP contribution is -2.59. The topological polar surface area (TPSA) is 37.3 Å². The Labute approximate surface area is 179 Å². The molecule has 0 radical (unpaired) electrons. The number of aliphatic hydroxyl groups excluding tert-OH is 1. The van der Waals surface area contributed by atoms with Crippen LogP contribution in [0.1, 0.15) is 105 Å². The summed E-state index contributed by atoms with van der Waals surface area (Å²) in [6, 6.07) is 0. The average Bonchev–Trinajstić information content (AvgIpc) is 3.02. The van der Waals surface area contributed by atoms with Crippen LogP contribution in [0.15, 0.2) is 0 Å². The standard InChI is InChI=1S/C27H46O2/c1-17(2)7-6-8-18(3)21-12-13-22-20-11-9-19-10-14-24(28)25(29)27(19,5)23(20)15-16-26(21,22)4/h17-24,28H,6-16H2,1-5H3/t18-,19+,20+,21-,22-,23-,24?,26+,27-/m0/s1. The van der Waals surface area contributed by atoms with Crippen LogP contribution in [0.3, 0.4) is 0 Å². The number of rotatable bonds is 5. The number of hydrogen-bond acceptors (Lipinski definition) is 2. The van der Waals surface area contributed by atoms with E-state index in [9.17, 15) is 9.90 Å². The zero-order valence-corrected chi connectivity index (χ0v) is 19.8. The van der Waals surface area contributed by atoms with Crippen molar-refractivity contribution >= 4 is 5.78 Å². The van der Waals surface area contributed by atoms with Gasteiger partial charge in [-0.15, -0.1) is 0 Å². The fourth-order valence-corrected chi connectivity index (χ4v) is 9.13. The van der Waals surface area contributed by atoms with Crippen LogP contribution in [-0.2, 0) is 4.79 Å². The van der Waals surface area contributed by atoms with E-state index in [0.29, 0.717) is 23.7 Å². The number of carbonyl (C=O) groups is 1. The van der Waals surface area contributed by atoms with Crippen LogP contribution in [0.5, 0.6) is 0 Å². The van der Waals surface area contributed by atoms with Gasteiger partial charge in [-0.05, 0) is 98.2 Å². The minimum atomic E-state index is -0.694. The second kappa shape index (κ2) is 7.95. The largest absolute Gasteiger partial charge is 0.385 e. The molecule has 166 valence electrons. The van der Waals surface area contributed by atoms with Gasteiger partial charge < -0.3 is 5.11 Å². The molecular weight excluding hydrogens is 356 g/mol. The second-order valence-electron chi connectivity index (χ2n) is 12.4. The molecule has 4 fully saturated rings. The van der Waals surface area contributed by atoms with Gasteiger partial charge >= 0.3 is 0 Å². The van der Waals surface area contributed by atoms with E-state index in [4.69, 9.17) is 0 Å². The first-order valence-electron chi connectivity index (χ1n) is 12.9. The van der Waals surface area contributed by atoms with Crippen molar-refractivity contribution in [2.45, 2.75) is 111 Å². The van der Waals surface area contributed by atoms with E-state index in [1.54, 1.807) is 0 Å². The van der Waals surface area contributed by atoms with Crippen LogP contribution < -0.4 is 0 Å². The molecule has 0 aromatic carbocycles. The minimum absolute atomic E-state index is 0.198. The Morgan fingerprint density at radius 2 is 1.66 bits per heavy atom.